The van der Waals surface area contributed by atoms with E-state index in [2.05, 4.69) is 24.9 Å². The molecule has 4 rings (SSSR count). The number of anilines is 1. The summed E-state index contributed by atoms with van der Waals surface area (Å²) in [5, 5.41) is 7.43. The first-order valence-corrected chi connectivity index (χ1v) is 9.05. The van der Waals surface area contributed by atoms with Gasteiger partial charge in [0.05, 0.1) is 35.1 Å². The Morgan fingerprint density at radius 2 is 2.12 bits per heavy atom. The predicted molar refractivity (Wildman–Crippen MR) is 95.4 cm³/mol. The molecule has 7 heteroatoms. The average molecular weight is 342 g/mol. The Labute approximate surface area is 148 Å². The minimum Gasteiger partial charge on any atom is -0.331 e. The van der Waals surface area contributed by atoms with Gasteiger partial charge in [0.2, 0.25) is 5.91 Å². The molecule has 3 heterocycles. The minimum atomic E-state index is -0.196. The number of hydrogen-bond acceptors (Lipinski definition) is 4. The van der Waals surface area contributed by atoms with Crippen LogP contribution in [0.15, 0.2) is 6.33 Å². The monoisotopic (exact) mass is 342 g/mol. The number of rotatable bonds is 4. The van der Waals surface area contributed by atoms with Crippen LogP contribution in [-0.4, -0.2) is 42.7 Å². The van der Waals surface area contributed by atoms with Crippen molar-refractivity contribution in [3.05, 3.63) is 29.1 Å². The second-order valence-electron chi connectivity index (χ2n) is 7.33. The van der Waals surface area contributed by atoms with Crippen molar-refractivity contribution < 1.29 is 4.79 Å². The molecule has 0 aromatic carbocycles. The highest BCUT2D eigenvalue weighted by atomic mass is 16.2. The van der Waals surface area contributed by atoms with Crippen LogP contribution in [0.1, 0.15) is 48.6 Å². The summed E-state index contributed by atoms with van der Waals surface area (Å²) in [6.07, 6.45) is 5.50. The van der Waals surface area contributed by atoms with E-state index >= 15 is 0 Å². The van der Waals surface area contributed by atoms with Gasteiger partial charge in [-0.3, -0.25) is 14.4 Å². The van der Waals surface area contributed by atoms with E-state index in [0.29, 0.717) is 6.04 Å². The van der Waals surface area contributed by atoms with E-state index in [9.17, 15) is 4.79 Å². The highest BCUT2D eigenvalue weighted by molar-refractivity contribution is 5.95. The molecular weight excluding hydrogens is 316 g/mol. The Morgan fingerprint density at radius 3 is 2.76 bits per heavy atom. The molecule has 1 saturated carbocycles. The summed E-state index contributed by atoms with van der Waals surface area (Å²) in [5.41, 5.74) is 5.15. The zero-order valence-corrected chi connectivity index (χ0v) is 15.4. The van der Waals surface area contributed by atoms with Gasteiger partial charge in [0, 0.05) is 38.3 Å². The summed E-state index contributed by atoms with van der Waals surface area (Å²) in [4.78, 5) is 19.6. The molecule has 1 aliphatic heterocycles. The molecule has 0 bridgehead atoms. The second kappa shape index (κ2) is 5.98. The standard InChI is InChI=1S/C18H26N6O/c1-11-17(12(2)22(4)21-11)20-18(25)13(3)23-8-7-16-15(9-23)19-10-24(16)14-5-6-14/h10,13-14H,5-9H2,1-4H3,(H,20,25)/t13-/m0/s1. The van der Waals surface area contributed by atoms with Crippen LogP contribution in [0.3, 0.4) is 0 Å². The average Bonchev–Trinajstić information content (AvgIpc) is 3.31. The summed E-state index contributed by atoms with van der Waals surface area (Å²) in [7, 11) is 1.89. The third kappa shape index (κ3) is 2.86. The summed E-state index contributed by atoms with van der Waals surface area (Å²) in [6, 6.07) is 0.471. The number of hydrogen-bond donors (Lipinski definition) is 1. The zero-order valence-electron chi connectivity index (χ0n) is 15.4. The van der Waals surface area contributed by atoms with E-state index in [1.165, 1.54) is 18.5 Å². The number of imidazole rings is 1. The fourth-order valence-electron chi connectivity index (χ4n) is 3.70. The third-order valence-electron chi connectivity index (χ3n) is 5.60. The van der Waals surface area contributed by atoms with Crippen molar-refractivity contribution in [2.75, 3.05) is 11.9 Å². The molecule has 0 spiro atoms. The zero-order chi connectivity index (χ0) is 17.7. The quantitative estimate of drug-likeness (QED) is 0.922. The molecule has 134 valence electrons. The number of fused-ring (bicyclic) bond motifs is 1. The van der Waals surface area contributed by atoms with E-state index < -0.39 is 0 Å². The molecule has 0 saturated heterocycles. The molecule has 2 aliphatic rings. The first kappa shape index (κ1) is 16.3. The van der Waals surface area contributed by atoms with Crippen LogP contribution in [0, 0.1) is 13.8 Å². The van der Waals surface area contributed by atoms with Crippen molar-refractivity contribution >= 4 is 11.6 Å². The number of carbonyl (C=O) groups is 1. The number of aromatic nitrogens is 4. The van der Waals surface area contributed by atoms with Crippen LogP contribution in [0.25, 0.3) is 0 Å². The Bertz CT molecular complexity index is 816. The molecule has 1 aliphatic carbocycles. The SMILES string of the molecule is Cc1nn(C)c(C)c1NC(=O)[C@H](C)N1CCc2c(ncn2C2CC2)C1. The van der Waals surface area contributed by atoms with Crippen LogP contribution in [0.2, 0.25) is 0 Å². The molecule has 1 atom stereocenters. The largest absolute Gasteiger partial charge is 0.331 e. The van der Waals surface area contributed by atoms with Crippen LogP contribution < -0.4 is 5.32 Å². The molecule has 2 aromatic rings. The van der Waals surface area contributed by atoms with Crippen molar-refractivity contribution in [1.29, 1.82) is 0 Å². The van der Waals surface area contributed by atoms with E-state index in [1.54, 1.807) is 4.68 Å². The van der Waals surface area contributed by atoms with Gasteiger partial charge in [0.1, 0.15) is 0 Å². The molecule has 2 aromatic heterocycles. The van der Waals surface area contributed by atoms with Crippen molar-refractivity contribution in [3.8, 4) is 0 Å². The van der Waals surface area contributed by atoms with Crippen LogP contribution in [0.5, 0.6) is 0 Å². The van der Waals surface area contributed by atoms with Crippen LogP contribution >= 0.6 is 0 Å². The number of nitrogens with one attached hydrogen (secondary N) is 1. The van der Waals surface area contributed by atoms with Crippen molar-refractivity contribution in [2.24, 2.45) is 7.05 Å². The van der Waals surface area contributed by atoms with Gasteiger partial charge in [-0.15, -0.1) is 0 Å². The Kier molecular flexibility index (Phi) is 3.91. The second-order valence-corrected chi connectivity index (χ2v) is 7.33. The fraction of sp³-hybridized carbons (Fsp3) is 0.611. The van der Waals surface area contributed by atoms with Crippen LogP contribution in [0.4, 0.5) is 5.69 Å². The van der Waals surface area contributed by atoms with E-state index in [-0.39, 0.29) is 11.9 Å². The lowest BCUT2D eigenvalue weighted by atomic mass is 10.1. The maximum absolute atomic E-state index is 12.7. The number of aryl methyl sites for hydroxylation is 2. The number of carbonyl (C=O) groups excluding carboxylic acids is 1. The first-order chi connectivity index (χ1) is 12.0. The first-order valence-electron chi connectivity index (χ1n) is 9.05. The van der Waals surface area contributed by atoms with Gasteiger partial charge >= 0.3 is 0 Å². The van der Waals surface area contributed by atoms with Gasteiger partial charge in [0.25, 0.3) is 0 Å². The van der Waals surface area contributed by atoms with Crippen molar-refractivity contribution in [2.45, 2.75) is 58.7 Å². The third-order valence-corrected chi connectivity index (χ3v) is 5.60. The normalized spacial score (nSPS) is 18.9. The highest BCUT2D eigenvalue weighted by Gasteiger charge is 2.32. The molecule has 7 nitrogen and oxygen atoms in total. The maximum Gasteiger partial charge on any atom is 0.241 e. The van der Waals surface area contributed by atoms with Crippen LogP contribution in [-0.2, 0) is 24.8 Å². The predicted octanol–water partition coefficient (Wildman–Crippen LogP) is 1.95. The van der Waals surface area contributed by atoms with E-state index in [0.717, 1.165) is 42.3 Å². The molecular formula is C18H26N6O. The lowest BCUT2D eigenvalue weighted by Gasteiger charge is -2.31. The summed E-state index contributed by atoms with van der Waals surface area (Å²) in [5.74, 6) is 0.0178. The lowest BCUT2D eigenvalue weighted by molar-refractivity contribution is -0.121. The van der Waals surface area contributed by atoms with Crippen molar-refractivity contribution in [3.63, 3.8) is 0 Å². The Hall–Kier alpha value is -2.15. The fourth-order valence-corrected chi connectivity index (χ4v) is 3.70. The lowest BCUT2D eigenvalue weighted by Crippen LogP contribution is -2.44. The van der Waals surface area contributed by atoms with Gasteiger partial charge in [-0.2, -0.15) is 5.10 Å². The molecule has 1 amide bonds. The molecule has 0 unspecified atom stereocenters. The summed E-state index contributed by atoms with van der Waals surface area (Å²) >= 11 is 0. The number of nitrogens with zero attached hydrogens (tertiary/aromatic N) is 5. The van der Waals surface area contributed by atoms with Gasteiger partial charge in [-0.25, -0.2) is 4.98 Å². The van der Waals surface area contributed by atoms with Gasteiger partial charge in [-0.05, 0) is 33.6 Å². The Morgan fingerprint density at radius 1 is 1.36 bits per heavy atom. The summed E-state index contributed by atoms with van der Waals surface area (Å²) in [6.45, 7) is 7.50. The number of amides is 1. The van der Waals surface area contributed by atoms with Crippen molar-refractivity contribution in [1.82, 2.24) is 24.2 Å². The van der Waals surface area contributed by atoms with E-state index in [4.69, 9.17) is 0 Å². The maximum atomic E-state index is 12.7. The van der Waals surface area contributed by atoms with Gasteiger partial charge in [-0.1, -0.05) is 0 Å². The molecule has 25 heavy (non-hydrogen) atoms. The Balaban J connectivity index is 1.45. The smallest absolute Gasteiger partial charge is 0.241 e. The highest BCUT2D eigenvalue weighted by Crippen LogP contribution is 2.37. The van der Waals surface area contributed by atoms with Gasteiger partial charge in [0.15, 0.2) is 0 Å². The molecule has 0 radical (unpaired) electrons. The summed E-state index contributed by atoms with van der Waals surface area (Å²) < 4.78 is 4.15. The van der Waals surface area contributed by atoms with E-state index in [1.807, 2.05) is 34.1 Å². The minimum absolute atomic E-state index is 0.0178. The molecule has 1 N–H and O–H groups in total. The van der Waals surface area contributed by atoms with Gasteiger partial charge < -0.3 is 9.88 Å². The molecule has 1 fully saturated rings. The topological polar surface area (TPSA) is 68.0 Å².